The van der Waals surface area contributed by atoms with Crippen LogP contribution in [0.3, 0.4) is 0 Å². The lowest BCUT2D eigenvalue weighted by molar-refractivity contribution is -0.114. The molecule has 0 aliphatic rings. The van der Waals surface area contributed by atoms with Crippen molar-refractivity contribution in [2.24, 2.45) is 0 Å². The summed E-state index contributed by atoms with van der Waals surface area (Å²) < 4.78 is 10.3. The molecule has 3 nitrogen and oxygen atoms in total. The summed E-state index contributed by atoms with van der Waals surface area (Å²) >= 11 is 0. The van der Waals surface area contributed by atoms with E-state index in [4.69, 9.17) is 9.47 Å². The molecule has 0 saturated heterocycles. The molecule has 1 rings (SSSR count). The summed E-state index contributed by atoms with van der Waals surface area (Å²) in [5.41, 5.74) is 0.923. The van der Waals surface area contributed by atoms with Crippen molar-refractivity contribution >= 4 is 11.9 Å². The molecule has 0 fully saturated rings. The first-order valence-corrected chi connectivity index (χ1v) is 5.64. The van der Waals surface area contributed by atoms with Crippen LogP contribution in [0, 0.1) is 0 Å². The lowest BCUT2D eigenvalue weighted by atomic mass is 10.1. The van der Waals surface area contributed by atoms with Gasteiger partial charge >= 0.3 is 0 Å². The second-order valence-electron chi connectivity index (χ2n) is 3.66. The molecule has 1 aromatic rings. The Kier molecular flexibility index (Phi) is 5.27. The van der Waals surface area contributed by atoms with Crippen molar-refractivity contribution in [3.8, 4) is 11.5 Å². The Balaban J connectivity index is 2.82. The second kappa shape index (κ2) is 6.74. The van der Waals surface area contributed by atoms with Crippen LogP contribution in [0.4, 0.5) is 0 Å². The summed E-state index contributed by atoms with van der Waals surface area (Å²) in [7, 11) is 3.19. The van der Waals surface area contributed by atoms with Crippen LogP contribution in [0.1, 0.15) is 25.3 Å². The highest BCUT2D eigenvalue weighted by atomic mass is 16.5. The summed E-state index contributed by atoms with van der Waals surface area (Å²) in [4.78, 5) is 11.4. The number of hydrogen-bond acceptors (Lipinski definition) is 3. The van der Waals surface area contributed by atoms with Gasteiger partial charge in [-0.25, -0.2) is 0 Å². The van der Waals surface area contributed by atoms with E-state index < -0.39 is 0 Å². The van der Waals surface area contributed by atoms with Gasteiger partial charge in [-0.15, -0.1) is 0 Å². The summed E-state index contributed by atoms with van der Waals surface area (Å²) in [6.07, 6.45) is 4.85. The first kappa shape index (κ1) is 13.3. The molecule has 0 saturated carbocycles. The quantitative estimate of drug-likeness (QED) is 0.709. The van der Waals surface area contributed by atoms with Gasteiger partial charge in [0.15, 0.2) is 17.3 Å². The number of ketones is 1. The van der Waals surface area contributed by atoms with Gasteiger partial charge in [-0.05, 0) is 30.2 Å². The van der Waals surface area contributed by atoms with Crippen molar-refractivity contribution in [3.63, 3.8) is 0 Å². The zero-order chi connectivity index (χ0) is 12.7. The topological polar surface area (TPSA) is 35.5 Å². The van der Waals surface area contributed by atoms with Gasteiger partial charge in [0.1, 0.15) is 0 Å². The maximum atomic E-state index is 11.4. The fourth-order valence-corrected chi connectivity index (χ4v) is 1.48. The Bertz CT molecular complexity index is 408. The Labute approximate surface area is 102 Å². The van der Waals surface area contributed by atoms with Crippen LogP contribution in [0.2, 0.25) is 0 Å². The lowest BCUT2D eigenvalue weighted by Gasteiger charge is -2.07. The molecule has 0 N–H and O–H groups in total. The van der Waals surface area contributed by atoms with Gasteiger partial charge < -0.3 is 9.47 Å². The molecular weight excluding hydrogens is 216 g/mol. The Morgan fingerprint density at radius 2 is 1.94 bits per heavy atom. The molecule has 0 atom stereocenters. The fourth-order valence-electron chi connectivity index (χ4n) is 1.48. The molecule has 0 aliphatic carbocycles. The van der Waals surface area contributed by atoms with Crippen molar-refractivity contribution in [1.29, 1.82) is 0 Å². The molecule has 0 amide bonds. The lowest BCUT2D eigenvalue weighted by Crippen LogP contribution is -1.92. The second-order valence-corrected chi connectivity index (χ2v) is 3.66. The Morgan fingerprint density at radius 3 is 2.53 bits per heavy atom. The normalized spacial score (nSPS) is 10.5. The van der Waals surface area contributed by atoms with Crippen LogP contribution in [0.5, 0.6) is 11.5 Å². The number of methoxy groups -OCH3 is 2. The maximum Gasteiger partial charge on any atom is 0.161 e. The van der Waals surface area contributed by atoms with Gasteiger partial charge in [0.25, 0.3) is 0 Å². The number of allylic oxidation sites excluding steroid dienone is 1. The minimum atomic E-state index is 0.141. The monoisotopic (exact) mass is 234 g/mol. The summed E-state index contributed by atoms with van der Waals surface area (Å²) in [6, 6.07) is 5.55. The largest absolute Gasteiger partial charge is 0.493 e. The molecule has 0 unspecified atom stereocenters. The fraction of sp³-hybridized carbons (Fsp3) is 0.357. The van der Waals surface area contributed by atoms with E-state index in [9.17, 15) is 4.79 Å². The zero-order valence-corrected chi connectivity index (χ0v) is 10.5. The smallest absolute Gasteiger partial charge is 0.161 e. The van der Waals surface area contributed by atoms with E-state index >= 15 is 0 Å². The van der Waals surface area contributed by atoms with Crippen LogP contribution in [-0.4, -0.2) is 20.0 Å². The molecule has 1 aromatic carbocycles. The van der Waals surface area contributed by atoms with Gasteiger partial charge in [0.05, 0.1) is 14.2 Å². The number of benzene rings is 1. The number of hydrogen-bond donors (Lipinski definition) is 0. The van der Waals surface area contributed by atoms with E-state index in [0.717, 1.165) is 12.0 Å². The van der Waals surface area contributed by atoms with Crippen LogP contribution in [0.15, 0.2) is 24.3 Å². The predicted octanol–water partition coefficient (Wildman–Crippen LogP) is 3.09. The number of carbonyl (C=O) groups is 1. The van der Waals surface area contributed by atoms with E-state index in [-0.39, 0.29) is 5.78 Å². The average molecular weight is 234 g/mol. The molecule has 3 heteroatoms. The highest BCUT2D eigenvalue weighted by molar-refractivity contribution is 5.93. The van der Waals surface area contributed by atoms with Gasteiger partial charge in [-0.2, -0.15) is 0 Å². The van der Waals surface area contributed by atoms with Crippen LogP contribution >= 0.6 is 0 Å². The van der Waals surface area contributed by atoms with Crippen molar-refractivity contribution < 1.29 is 14.3 Å². The van der Waals surface area contributed by atoms with E-state index in [1.807, 2.05) is 25.1 Å². The zero-order valence-electron chi connectivity index (χ0n) is 10.5. The minimum Gasteiger partial charge on any atom is -0.493 e. The van der Waals surface area contributed by atoms with Gasteiger partial charge in [-0.1, -0.05) is 19.1 Å². The van der Waals surface area contributed by atoms with E-state index in [1.165, 1.54) is 0 Å². The van der Waals surface area contributed by atoms with Crippen molar-refractivity contribution in [1.82, 2.24) is 0 Å². The number of rotatable bonds is 6. The highest BCUT2D eigenvalue weighted by Gasteiger charge is 2.02. The molecule has 17 heavy (non-hydrogen) atoms. The molecule has 0 radical (unpaired) electrons. The van der Waals surface area contributed by atoms with E-state index in [1.54, 1.807) is 26.4 Å². The van der Waals surface area contributed by atoms with Crippen LogP contribution in [0.25, 0.3) is 6.08 Å². The van der Waals surface area contributed by atoms with E-state index in [2.05, 4.69) is 0 Å². The third-order valence-corrected chi connectivity index (χ3v) is 2.37. The molecule has 0 bridgehead atoms. The number of carbonyl (C=O) groups excluding carboxylic acids is 1. The van der Waals surface area contributed by atoms with Crippen molar-refractivity contribution in [2.75, 3.05) is 14.2 Å². The molecule has 92 valence electrons. The number of ether oxygens (including phenoxy) is 2. The molecule has 0 heterocycles. The van der Waals surface area contributed by atoms with Gasteiger partial charge in [0.2, 0.25) is 0 Å². The van der Waals surface area contributed by atoms with Gasteiger partial charge in [0, 0.05) is 6.42 Å². The SMILES string of the molecule is CCCC(=O)C=Cc1ccc(OC)c(OC)c1. The predicted molar refractivity (Wildman–Crippen MR) is 68.5 cm³/mol. The maximum absolute atomic E-state index is 11.4. The Hall–Kier alpha value is -1.77. The van der Waals surface area contributed by atoms with E-state index in [0.29, 0.717) is 17.9 Å². The first-order valence-electron chi connectivity index (χ1n) is 5.64. The average Bonchev–Trinajstić information content (AvgIpc) is 2.36. The minimum absolute atomic E-state index is 0.141. The highest BCUT2D eigenvalue weighted by Crippen LogP contribution is 2.27. The summed E-state index contributed by atoms with van der Waals surface area (Å²) in [5.74, 6) is 1.49. The first-order chi connectivity index (χ1) is 8.21. The van der Waals surface area contributed by atoms with Crippen LogP contribution in [-0.2, 0) is 4.79 Å². The van der Waals surface area contributed by atoms with Crippen molar-refractivity contribution in [2.45, 2.75) is 19.8 Å². The molecule has 0 spiro atoms. The third-order valence-electron chi connectivity index (χ3n) is 2.37. The van der Waals surface area contributed by atoms with Crippen molar-refractivity contribution in [3.05, 3.63) is 29.8 Å². The van der Waals surface area contributed by atoms with Gasteiger partial charge in [-0.3, -0.25) is 4.79 Å². The standard InChI is InChI=1S/C14H18O3/c1-4-5-12(15)8-6-11-7-9-13(16-2)14(10-11)17-3/h6-10H,4-5H2,1-3H3. The molecule has 0 aromatic heterocycles. The summed E-state index contributed by atoms with van der Waals surface area (Å²) in [5, 5.41) is 0. The molecular formula is C14H18O3. The summed E-state index contributed by atoms with van der Waals surface area (Å²) in [6.45, 7) is 1.99. The Morgan fingerprint density at radius 1 is 1.24 bits per heavy atom. The molecule has 0 aliphatic heterocycles. The third kappa shape index (κ3) is 3.94. The van der Waals surface area contributed by atoms with Crippen LogP contribution < -0.4 is 9.47 Å².